The largest absolute Gasteiger partial charge is 0.493 e. The van der Waals surface area contributed by atoms with Gasteiger partial charge in [-0.3, -0.25) is 4.79 Å². The number of H-pyrrole nitrogens is 1. The van der Waals surface area contributed by atoms with Gasteiger partial charge in [-0.1, -0.05) is 25.7 Å². The molecule has 3 aromatic rings. The third-order valence-corrected chi connectivity index (χ3v) is 8.62. The molecular weight excluding hydrogens is 482 g/mol. The number of benzene rings is 1. The number of nitrogens with one attached hydrogen (secondary N) is 1. The molecule has 196 valence electrons. The zero-order valence-corrected chi connectivity index (χ0v) is 22.0. The van der Waals surface area contributed by atoms with Gasteiger partial charge in [0.2, 0.25) is 10.0 Å². The summed E-state index contributed by atoms with van der Waals surface area (Å²) >= 11 is 0. The molecule has 0 bridgehead atoms. The minimum Gasteiger partial charge on any atom is -0.493 e. The second-order valence-electron chi connectivity index (χ2n) is 9.30. The number of rotatable bonds is 9. The van der Waals surface area contributed by atoms with Crippen LogP contribution in [0.1, 0.15) is 69.3 Å². The smallest absolute Gasteiger partial charge is 0.277 e. The number of hydrogen-bond donors (Lipinski definition) is 2. The molecule has 2 heterocycles. The maximum absolute atomic E-state index is 13.2. The molecule has 0 spiro atoms. The Bertz CT molecular complexity index is 1370. The van der Waals surface area contributed by atoms with Gasteiger partial charge in [-0.05, 0) is 51.3 Å². The Morgan fingerprint density at radius 2 is 1.94 bits per heavy atom. The predicted molar refractivity (Wildman–Crippen MR) is 137 cm³/mol. The lowest BCUT2D eigenvalue weighted by Crippen LogP contribution is -2.28. The van der Waals surface area contributed by atoms with Gasteiger partial charge in [0.15, 0.2) is 11.3 Å². The minimum absolute atomic E-state index is 0.0509. The highest BCUT2D eigenvalue weighted by molar-refractivity contribution is 7.89. The van der Waals surface area contributed by atoms with E-state index in [1.807, 2.05) is 13.8 Å². The first-order valence-corrected chi connectivity index (χ1v) is 14.1. The van der Waals surface area contributed by atoms with Crippen molar-refractivity contribution in [2.24, 2.45) is 0 Å². The summed E-state index contributed by atoms with van der Waals surface area (Å²) in [4.78, 5) is 20.8. The lowest BCUT2D eigenvalue weighted by Gasteiger charge is -2.18. The number of fused-ring (bicyclic) bond motifs is 1. The molecule has 0 amide bonds. The van der Waals surface area contributed by atoms with Crippen LogP contribution in [0.3, 0.4) is 0 Å². The molecule has 10 nitrogen and oxygen atoms in total. The second kappa shape index (κ2) is 11.1. The van der Waals surface area contributed by atoms with Gasteiger partial charge in [-0.25, -0.2) is 22.2 Å². The molecule has 4 rings (SSSR count). The lowest BCUT2D eigenvalue weighted by atomic mass is 10.00. The van der Waals surface area contributed by atoms with Crippen molar-refractivity contribution in [1.82, 2.24) is 23.9 Å². The maximum Gasteiger partial charge on any atom is 0.277 e. The summed E-state index contributed by atoms with van der Waals surface area (Å²) in [6, 6.07) is 4.55. The Morgan fingerprint density at radius 3 is 2.61 bits per heavy atom. The van der Waals surface area contributed by atoms with Crippen LogP contribution in [-0.4, -0.2) is 64.2 Å². The fourth-order valence-corrected chi connectivity index (χ4v) is 6.08. The van der Waals surface area contributed by atoms with E-state index in [0.717, 1.165) is 31.5 Å². The highest BCUT2D eigenvalue weighted by atomic mass is 32.2. The molecule has 0 atom stereocenters. The summed E-state index contributed by atoms with van der Waals surface area (Å²) < 4.78 is 34.9. The molecule has 1 aliphatic rings. The molecule has 1 fully saturated rings. The van der Waals surface area contributed by atoms with E-state index in [1.54, 1.807) is 10.6 Å². The number of aryl methyl sites for hydroxylation is 1. The van der Waals surface area contributed by atoms with Crippen LogP contribution < -0.4 is 10.3 Å². The molecule has 2 N–H and O–H groups in total. The molecule has 1 aromatic carbocycles. The van der Waals surface area contributed by atoms with Crippen LogP contribution in [0, 0.1) is 6.92 Å². The van der Waals surface area contributed by atoms with Gasteiger partial charge >= 0.3 is 0 Å². The van der Waals surface area contributed by atoms with Gasteiger partial charge in [0.25, 0.3) is 5.56 Å². The molecule has 0 aliphatic heterocycles. The van der Waals surface area contributed by atoms with Gasteiger partial charge in [0, 0.05) is 26.1 Å². The third-order valence-electron chi connectivity index (χ3n) is 6.77. The number of aliphatic hydroxyl groups is 1. The summed E-state index contributed by atoms with van der Waals surface area (Å²) in [5, 5.41) is 13.9. The minimum atomic E-state index is -3.82. The van der Waals surface area contributed by atoms with Crippen molar-refractivity contribution in [3.63, 3.8) is 0 Å². The fourth-order valence-electron chi connectivity index (χ4n) is 4.85. The first kappa shape index (κ1) is 26.3. The molecule has 0 unspecified atom stereocenters. The Hall–Kier alpha value is -2.76. The quantitative estimate of drug-likeness (QED) is 0.417. The Labute approximate surface area is 211 Å². The number of ether oxygens (including phenoxy) is 1. The average Bonchev–Trinajstić information content (AvgIpc) is 3.01. The number of imidazole rings is 1. The number of aromatic amines is 1. The Balaban J connectivity index is 1.86. The number of nitrogens with zero attached hydrogens (tertiary/aromatic N) is 4. The van der Waals surface area contributed by atoms with Gasteiger partial charge in [-0.15, -0.1) is 5.10 Å². The zero-order chi connectivity index (χ0) is 25.9. The maximum atomic E-state index is 13.2. The van der Waals surface area contributed by atoms with Crippen LogP contribution in [0.2, 0.25) is 0 Å². The normalized spacial score (nSPS) is 15.5. The highest BCUT2D eigenvalue weighted by Crippen LogP contribution is 2.33. The van der Waals surface area contributed by atoms with Crippen molar-refractivity contribution in [2.45, 2.75) is 69.6 Å². The number of sulfonamides is 1. The summed E-state index contributed by atoms with van der Waals surface area (Å²) in [7, 11) is -2.35. The predicted octanol–water partition coefficient (Wildman–Crippen LogP) is 3.23. The molecule has 1 saturated carbocycles. The van der Waals surface area contributed by atoms with Crippen LogP contribution in [0.25, 0.3) is 16.9 Å². The monoisotopic (exact) mass is 517 g/mol. The SMILES string of the molecule is CCOc1ccc(S(=O)(=O)N(C)CCCO)cc1-c1nn2c(C3CCCCCC3)nc(C)c2c(=O)[nH]1. The van der Waals surface area contributed by atoms with Crippen molar-refractivity contribution in [3.8, 4) is 17.1 Å². The van der Waals surface area contributed by atoms with E-state index in [0.29, 0.717) is 35.6 Å². The number of hydrogen-bond acceptors (Lipinski definition) is 7. The topological polar surface area (TPSA) is 130 Å². The van der Waals surface area contributed by atoms with Crippen molar-refractivity contribution >= 4 is 15.5 Å². The van der Waals surface area contributed by atoms with Crippen LogP contribution in [0.4, 0.5) is 0 Å². The van der Waals surface area contributed by atoms with Crippen LogP contribution in [-0.2, 0) is 10.0 Å². The van der Waals surface area contributed by atoms with Gasteiger partial charge in [0.1, 0.15) is 11.6 Å². The van der Waals surface area contributed by atoms with E-state index in [9.17, 15) is 13.2 Å². The Kier molecular flexibility index (Phi) is 8.11. The molecule has 2 aromatic heterocycles. The fraction of sp³-hybridized carbons (Fsp3) is 0.560. The standard InChI is InChI=1S/C25H35N5O5S/c1-4-35-21-13-12-19(36(33,34)29(3)14-9-15-31)16-20(21)23-27-25(32)22-17(2)26-24(30(22)28-23)18-10-7-5-6-8-11-18/h12-13,16,18,31H,4-11,14-15H2,1-3H3,(H,27,28,32). The van der Waals surface area contributed by atoms with E-state index < -0.39 is 10.0 Å². The summed E-state index contributed by atoms with van der Waals surface area (Å²) in [5.41, 5.74) is 1.08. The highest BCUT2D eigenvalue weighted by Gasteiger charge is 2.26. The second-order valence-corrected chi connectivity index (χ2v) is 11.3. The van der Waals surface area contributed by atoms with Crippen LogP contribution in [0.5, 0.6) is 5.75 Å². The molecule has 11 heteroatoms. The van der Waals surface area contributed by atoms with E-state index >= 15 is 0 Å². The molecule has 0 radical (unpaired) electrons. The first-order valence-electron chi connectivity index (χ1n) is 12.6. The van der Waals surface area contributed by atoms with Crippen molar-refractivity contribution < 1.29 is 18.3 Å². The van der Waals surface area contributed by atoms with Gasteiger partial charge < -0.3 is 14.8 Å². The molecule has 1 aliphatic carbocycles. The number of aliphatic hydroxyl groups excluding tert-OH is 1. The lowest BCUT2D eigenvalue weighted by molar-refractivity contribution is 0.275. The average molecular weight is 518 g/mol. The summed E-state index contributed by atoms with van der Waals surface area (Å²) in [6.07, 6.45) is 6.96. The van der Waals surface area contributed by atoms with E-state index in [1.165, 1.54) is 36.3 Å². The van der Waals surface area contributed by atoms with E-state index in [-0.39, 0.29) is 35.3 Å². The van der Waals surface area contributed by atoms with Crippen molar-refractivity contribution in [3.05, 3.63) is 40.1 Å². The van der Waals surface area contributed by atoms with Crippen molar-refractivity contribution in [1.29, 1.82) is 0 Å². The molecule has 0 saturated heterocycles. The third kappa shape index (κ3) is 5.18. The van der Waals surface area contributed by atoms with Gasteiger partial charge in [0.05, 0.1) is 22.8 Å². The summed E-state index contributed by atoms with van der Waals surface area (Å²) in [6.45, 7) is 4.08. The van der Waals surface area contributed by atoms with Crippen LogP contribution in [0.15, 0.2) is 27.9 Å². The van der Waals surface area contributed by atoms with Crippen LogP contribution >= 0.6 is 0 Å². The van der Waals surface area contributed by atoms with E-state index in [2.05, 4.69) is 4.98 Å². The number of aromatic nitrogens is 4. The summed E-state index contributed by atoms with van der Waals surface area (Å²) in [5.74, 6) is 1.64. The molecule has 36 heavy (non-hydrogen) atoms. The zero-order valence-electron chi connectivity index (χ0n) is 21.2. The molecular formula is C25H35N5O5S. The van der Waals surface area contributed by atoms with Crippen molar-refractivity contribution in [2.75, 3.05) is 26.8 Å². The van der Waals surface area contributed by atoms with Gasteiger partial charge in [-0.2, -0.15) is 0 Å². The van der Waals surface area contributed by atoms with E-state index in [4.69, 9.17) is 19.9 Å². The Morgan fingerprint density at radius 1 is 1.22 bits per heavy atom. The first-order chi connectivity index (χ1) is 17.3.